The molecule has 1 aromatic carbocycles. The van der Waals surface area contributed by atoms with Crippen LogP contribution in [0, 0.1) is 0 Å². The summed E-state index contributed by atoms with van der Waals surface area (Å²) < 4.78 is 5.56. The Morgan fingerprint density at radius 3 is 2.47 bits per heavy atom. The summed E-state index contributed by atoms with van der Waals surface area (Å²) in [7, 11) is 0. The van der Waals surface area contributed by atoms with Gasteiger partial charge in [0.25, 0.3) is 0 Å². The van der Waals surface area contributed by atoms with E-state index >= 15 is 0 Å². The Bertz CT molecular complexity index is 414. The molecule has 2 rings (SSSR count). The van der Waals surface area contributed by atoms with Crippen LogP contribution in [0.25, 0.3) is 0 Å². The molecule has 5 heteroatoms. The van der Waals surface area contributed by atoms with Crippen molar-refractivity contribution in [1.82, 2.24) is 0 Å². The zero-order valence-corrected chi connectivity index (χ0v) is 11.7. The number of nitrogens with zero attached hydrogens (tertiary/aromatic N) is 1. The van der Waals surface area contributed by atoms with E-state index in [1.807, 2.05) is 12.1 Å². The summed E-state index contributed by atoms with van der Waals surface area (Å²) in [5.41, 5.74) is 7.69. The third-order valence-electron chi connectivity index (χ3n) is 3.40. The number of anilines is 1. The highest BCUT2D eigenvalue weighted by molar-refractivity contribution is 7.80. The Hall–Kier alpha value is -1.17. The summed E-state index contributed by atoms with van der Waals surface area (Å²) in [6, 6.07) is 8.05. The lowest BCUT2D eigenvalue weighted by atomic mass is 10.1. The molecule has 0 unspecified atom stereocenters. The first kappa shape index (κ1) is 14.2. The fourth-order valence-electron chi connectivity index (χ4n) is 2.34. The minimum atomic E-state index is 0.0979. The highest BCUT2D eigenvalue weighted by Crippen LogP contribution is 2.21. The van der Waals surface area contributed by atoms with Gasteiger partial charge in [-0.25, -0.2) is 0 Å². The van der Waals surface area contributed by atoms with Gasteiger partial charge in [0.05, 0.1) is 19.3 Å². The maximum Gasteiger partial charge on any atom is 0.103 e. The van der Waals surface area contributed by atoms with Crippen LogP contribution >= 0.6 is 12.2 Å². The van der Waals surface area contributed by atoms with Gasteiger partial charge in [-0.2, -0.15) is 0 Å². The highest BCUT2D eigenvalue weighted by atomic mass is 32.1. The second-order valence-electron chi connectivity index (χ2n) is 4.69. The lowest BCUT2D eigenvalue weighted by Crippen LogP contribution is -2.37. The smallest absolute Gasteiger partial charge is 0.103 e. The molecule has 3 N–H and O–H groups in total. The fourth-order valence-corrected chi connectivity index (χ4v) is 2.47. The van der Waals surface area contributed by atoms with Gasteiger partial charge in [-0.05, 0) is 37.1 Å². The maximum atomic E-state index is 8.74. The van der Waals surface area contributed by atoms with Crippen molar-refractivity contribution in [2.75, 3.05) is 31.2 Å². The topological polar surface area (TPSA) is 58.7 Å². The highest BCUT2D eigenvalue weighted by Gasteiger charge is 2.19. The quantitative estimate of drug-likeness (QED) is 0.796. The van der Waals surface area contributed by atoms with Gasteiger partial charge < -0.3 is 20.5 Å². The Kier molecular flexibility index (Phi) is 5.13. The van der Waals surface area contributed by atoms with Crippen LogP contribution < -0.4 is 10.6 Å². The Balaban J connectivity index is 1.88. The zero-order valence-electron chi connectivity index (χ0n) is 10.9. The van der Waals surface area contributed by atoms with Crippen molar-refractivity contribution < 1.29 is 9.84 Å². The molecule has 1 fully saturated rings. The fraction of sp³-hybridized carbons (Fsp3) is 0.500. The minimum Gasteiger partial charge on any atom is -0.394 e. The Morgan fingerprint density at radius 2 is 1.95 bits per heavy atom. The first-order valence-electron chi connectivity index (χ1n) is 6.58. The molecule has 1 aromatic rings. The summed E-state index contributed by atoms with van der Waals surface area (Å²) in [6.45, 7) is 2.49. The lowest BCUT2D eigenvalue weighted by Gasteiger charge is -2.33. The zero-order chi connectivity index (χ0) is 13.7. The van der Waals surface area contributed by atoms with E-state index in [0.717, 1.165) is 31.5 Å². The largest absolute Gasteiger partial charge is 0.394 e. The molecule has 0 bridgehead atoms. The number of aliphatic hydroxyl groups excluding tert-OH is 1. The van der Waals surface area contributed by atoms with Gasteiger partial charge in [-0.3, -0.25) is 0 Å². The van der Waals surface area contributed by atoms with E-state index in [-0.39, 0.29) is 12.7 Å². The van der Waals surface area contributed by atoms with Gasteiger partial charge in [0.2, 0.25) is 0 Å². The molecular formula is C14H20N2O2S. The van der Waals surface area contributed by atoms with Crippen molar-refractivity contribution in [3.05, 3.63) is 29.8 Å². The predicted octanol–water partition coefficient (Wildman–Crippen LogP) is 1.30. The molecule has 19 heavy (non-hydrogen) atoms. The third-order valence-corrected chi connectivity index (χ3v) is 3.64. The van der Waals surface area contributed by atoms with Crippen LogP contribution in [-0.2, 0) is 4.74 Å². The van der Waals surface area contributed by atoms with Crippen LogP contribution in [0.2, 0.25) is 0 Å². The second-order valence-corrected chi connectivity index (χ2v) is 5.13. The molecule has 0 atom stereocenters. The molecule has 1 heterocycles. The first-order chi connectivity index (χ1) is 9.20. The van der Waals surface area contributed by atoms with Crippen molar-refractivity contribution in [2.45, 2.75) is 18.9 Å². The molecule has 104 valence electrons. The SMILES string of the molecule is NC(=S)c1ccc(N2CCC(OCCO)CC2)cc1. The number of thiocarbonyl (C=S) groups is 1. The van der Waals surface area contributed by atoms with E-state index in [9.17, 15) is 0 Å². The number of hydrogen-bond acceptors (Lipinski definition) is 4. The van der Waals surface area contributed by atoms with Crippen molar-refractivity contribution in [2.24, 2.45) is 5.73 Å². The van der Waals surface area contributed by atoms with Gasteiger partial charge in [-0.15, -0.1) is 0 Å². The molecule has 4 nitrogen and oxygen atoms in total. The van der Waals surface area contributed by atoms with Crippen molar-refractivity contribution in [3.8, 4) is 0 Å². The van der Waals surface area contributed by atoms with Crippen LogP contribution in [0.5, 0.6) is 0 Å². The number of benzene rings is 1. The summed E-state index contributed by atoms with van der Waals surface area (Å²) in [6.07, 6.45) is 2.27. The van der Waals surface area contributed by atoms with Crippen LogP contribution in [-0.4, -0.2) is 42.5 Å². The molecule has 0 amide bonds. The van der Waals surface area contributed by atoms with Gasteiger partial charge in [0.15, 0.2) is 0 Å². The molecule has 0 aromatic heterocycles. The second kappa shape index (κ2) is 6.84. The van der Waals surface area contributed by atoms with Gasteiger partial charge >= 0.3 is 0 Å². The van der Waals surface area contributed by atoms with Crippen LogP contribution in [0.4, 0.5) is 5.69 Å². The van der Waals surface area contributed by atoms with Gasteiger partial charge in [-0.1, -0.05) is 12.2 Å². The predicted molar refractivity (Wildman–Crippen MR) is 80.6 cm³/mol. The Morgan fingerprint density at radius 1 is 1.32 bits per heavy atom. The average Bonchev–Trinajstić information content (AvgIpc) is 2.46. The summed E-state index contributed by atoms with van der Waals surface area (Å²) in [5, 5.41) is 8.74. The van der Waals surface area contributed by atoms with Gasteiger partial charge in [0, 0.05) is 24.3 Å². The van der Waals surface area contributed by atoms with Crippen LogP contribution in [0.1, 0.15) is 18.4 Å². The summed E-state index contributed by atoms with van der Waals surface area (Å²) >= 11 is 4.94. The van der Waals surface area contributed by atoms with Gasteiger partial charge in [0.1, 0.15) is 4.99 Å². The van der Waals surface area contributed by atoms with E-state index in [2.05, 4.69) is 17.0 Å². The number of nitrogens with two attached hydrogens (primary N) is 1. The molecule has 1 aliphatic rings. The van der Waals surface area contributed by atoms with Crippen molar-refractivity contribution in [3.63, 3.8) is 0 Å². The van der Waals surface area contributed by atoms with E-state index in [1.54, 1.807) is 0 Å². The standard InChI is InChI=1S/C14H20N2O2S/c15-14(19)11-1-3-12(4-2-11)16-7-5-13(6-8-16)18-10-9-17/h1-4,13,17H,5-10H2,(H2,15,19). The number of aliphatic hydroxyl groups is 1. The number of hydrogen-bond donors (Lipinski definition) is 2. The molecule has 1 aliphatic heterocycles. The van der Waals surface area contributed by atoms with Crippen molar-refractivity contribution >= 4 is 22.9 Å². The van der Waals surface area contributed by atoms with E-state index in [4.69, 9.17) is 27.8 Å². The maximum absolute atomic E-state index is 8.74. The third kappa shape index (κ3) is 3.89. The number of piperidine rings is 1. The summed E-state index contributed by atoms with van der Waals surface area (Å²) in [5.74, 6) is 0. The first-order valence-corrected chi connectivity index (χ1v) is 6.99. The molecule has 0 spiro atoms. The van der Waals surface area contributed by atoms with E-state index in [1.165, 1.54) is 5.69 Å². The Labute approximate surface area is 119 Å². The summed E-state index contributed by atoms with van der Waals surface area (Å²) in [4.78, 5) is 2.77. The van der Waals surface area contributed by atoms with Crippen LogP contribution in [0.3, 0.4) is 0 Å². The molecular weight excluding hydrogens is 260 g/mol. The van der Waals surface area contributed by atoms with Crippen LogP contribution in [0.15, 0.2) is 24.3 Å². The van der Waals surface area contributed by atoms with E-state index in [0.29, 0.717) is 11.6 Å². The normalized spacial score (nSPS) is 16.6. The number of rotatable bonds is 5. The molecule has 1 saturated heterocycles. The molecule has 0 aliphatic carbocycles. The van der Waals surface area contributed by atoms with Crippen molar-refractivity contribution in [1.29, 1.82) is 0 Å². The lowest BCUT2D eigenvalue weighted by molar-refractivity contribution is 0.0159. The molecule has 0 radical (unpaired) electrons. The average molecular weight is 280 g/mol. The monoisotopic (exact) mass is 280 g/mol. The van der Waals surface area contributed by atoms with E-state index < -0.39 is 0 Å². The minimum absolute atomic E-state index is 0.0979. The molecule has 0 saturated carbocycles. The number of ether oxygens (including phenoxy) is 1.